The fourth-order valence-electron chi connectivity index (χ4n) is 2.83. The lowest BCUT2D eigenvalue weighted by Gasteiger charge is -2.18. The molecule has 21 heavy (non-hydrogen) atoms. The van der Waals surface area contributed by atoms with Crippen LogP contribution >= 0.6 is 0 Å². The van der Waals surface area contributed by atoms with E-state index in [4.69, 9.17) is 0 Å². The zero-order valence-electron chi connectivity index (χ0n) is 13.2. The number of rotatable bonds is 6. The van der Waals surface area contributed by atoms with Gasteiger partial charge in [-0.05, 0) is 56.6 Å². The molecule has 118 valence electrons. The van der Waals surface area contributed by atoms with Gasteiger partial charge in [-0.15, -0.1) is 0 Å². The average molecular weight is 310 g/mol. The maximum absolute atomic E-state index is 11.5. The van der Waals surface area contributed by atoms with Crippen LogP contribution in [-0.4, -0.2) is 45.8 Å². The molecule has 2 unspecified atom stereocenters. The Labute approximate surface area is 128 Å². The molecule has 0 bridgehead atoms. The first kappa shape index (κ1) is 16.5. The van der Waals surface area contributed by atoms with E-state index in [9.17, 15) is 8.42 Å². The summed E-state index contributed by atoms with van der Waals surface area (Å²) < 4.78 is 22.9. The normalized spacial score (nSPS) is 21.6. The highest BCUT2D eigenvalue weighted by Crippen LogP contribution is 2.19. The number of likely N-dealkylation sites (tertiary alicyclic amines) is 1. The Hall–Kier alpha value is -0.910. The topological polar surface area (TPSA) is 49.4 Å². The van der Waals surface area contributed by atoms with E-state index in [1.165, 1.54) is 25.8 Å². The first-order chi connectivity index (χ1) is 9.90. The molecule has 0 amide bonds. The molecule has 1 aliphatic heterocycles. The second kappa shape index (κ2) is 6.90. The van der Waals surface area contributed by atoms with Crippen LogP contribution in [0, 0.1) is 5.92 Å². The van der Waals surface area contributed by atoms with Gasteiger partial charge in [0, 0.05) is 18.8 Å². The average Bonchev–Trinajstić information content (AvgIpc) is 2.92. The lowest BCUT2D eigenvalue weighted by molar-refractivity contribution is 0.336. The fourth-order valence-corrected chi connectivity index (χ4v) is 3.46. The molecule has 0 aliphatic carbocycles. The summed E-state index contributed by atoms with van der Waals surface area (Å²) in [5, 5.41) is 3.57. The third-order valence-corrected chi connectivity index (χ3v) is 5.47. The number of nitrogens with zero attached hydrogens (tertiary/aromatic N) is 1. The Morgan fingerprint density at radius 3 is 2.52 bits per heavy atom. The number of hydrogen-bond donors (Lipinski definition) is 1. The first-order valence-corrected chi connectivity index (χ1v) is 9.55. The lowest BCUT2D eigenvalue weighted by Crippen LogP contribution is -2.28. The van der Waals surface area contributed by atoms with Crippen molar-refractivity contribution in [2.75, 3.05) is 32.4 Å². The van der Waals surface area contributed by atoms with Crippen molar-refractivity contribution < 1.29 is 8.42 Å². The summed E-state index contributed by atoms with van der Waals surface area (Å²) in [6, 6.07) is 7.44. The molecule has 2 atom stereocenters. The van der Waals surface area contributed by atoms with Crippen LogP contribution in [0.1, 0.15) is 31.9 Å². The monoisotopic (exact) mass is 310 g/mol. The lowest BCUT2D eigenvalue weighted by atomic mass is 10.1. The summed E-state index contributed by atoms with van der Waals surface area (Å²) in [5.74, 6) is 0.725. The highest BCUT2D eigenvalue weighted by molar-refractivity contribution is 7.90. The van der Waals surface area contributed by atoms with Crippen LogP contribution in [0.25, 0.3) is 0 Å². The van der Waals surface area contributed by atoms with Crippen LogP contribution in [0.15, 0.2) is 29.2 Å². The standard InChI is InChI=1S/C16H26N2O2S/c1-4-18-10-9-14(12-18)11-17-13(2)15-5-7-16(8-6-15)21(3,19)20/h5-8,13-14,17H,4,9-12H2,1-3H3. The Morgan fingerprint density at radius 1 is 1.33 bits per heavy atom. The van der Waals surface area contributed by atoms with Gasteiger partial charge in [0.15, 0.2) is 9.84 Å². The predicted molar refractivity (Wildman–Crippen MR) is 86.2 cm³/mol. The molecule has 5 heteroatoms. The molecular weight excluding hydrogens is 284 g/mol. The minimum absolute atomic E-state index is 0.245. The van der Waals surface area contributed by atoms with Gasteiger partial charge in [0.05, 0.1) is 4.90 Å². The summed E-state index contributed by atoms with van der Waals surface area (Å²) in [6.45, 7) is 8.89. The van der Waals surface area contributed by atoms with E-state index in [-0.39, 0.29) is 6.04 Å². The summed E-state index contributed by atoms with van der Waals surface area (Å²) >= 11 is 0. The Kier molecular flexibility index (Phi) is 5.41. The number of sulfone groups is 1. The third-order valence-electron chi connectivity index (χ3n) is 4.34. The highest BCUT2D eigenvalue weighted by Gasteiger charge is 2.21. The molecule has 4 nitrogen and oxygen atoms in total. The van der Waals surface area contributed by atoms with Crippen molar-refractivity contribution in [3.05, 3.63) is 29.8 Å². The molecular formula is C16H26N2O2S. The highest BCUT2D eigenvalue weighted by atomic mass is 32.2. The molecule has 1 N–H and O–H groups in total. The maximum Gasteiger partial charge on any atom is 0.175 e. The summed E-state index contributed by atoms with van der Waals surface area (Å²) in [6.07, 6.45) is 2.50. The molecule has 0 aromatic heterocycles. The molecule has 1 aromatic carbocycles. The second-order valence-electron chi connectivity index (χ2n) is 6.02. The summed E-state index contributed by atoms with van der Waals surface area (Å²) in [7, 11) is -3.11. The third kappa shape index (κ3) is 4.53. The maximum atomic E-state index is 11.5. The van der Waals surface area contributed by atoms with Gasteiger partial charge in [-0.3, -0.25) is 0 Å². The first-order valence-electron chi connectivity index (χ1n) is 7.66. The molecule has 0 saturated carbocycles. The predicted octanol–water partition coefficient (Wildman–Crippen LogP) is 2.08. The van der Waals surface area contributed by atoms with Gasteiger partial charge < -0.3 is 10.2 Å². The van der Waals surface area contributed by atoms with Crippen LogP contribution < -0.4 is 5.32 Å². The Morgan fingerprint density at radius 2 is 2.00 bits per heavy atom. The molecule has 0 spiro atoms. The summed E-state index contributed by atoms with van der Waals surface area (Å²) in [5.41, 5.74) is 1.13. The Bertz CT molecular complexity index is 554. The van der Waals surface area contributed by atoms with Crippen molar-refractivity contribution in [3.63, 3.8) is 0 Å². The van der Waals surface area contributed by atoms with Crippen LogP contribution in [0.2, 0.25) is 0 Å². The quantitative estimate of drug-likeness (QED) is 0.874. The van der Waals surface area contributed by atoms with Gasteiger partial charge in [0.25, 0.3) is 0 Å². The molecule has 1 aromatic rings. The van der Waals surface area contributed by atoms with Gasteiger partial charge in [-0.25, -0.2) is 8.42 Å². The SMILES string of the molecule is CCN1CCC(CNC(C)c2ccc(S(C)(=O)=O)cc2)C1. The largest absolute Gasteiger partial charge is 0.310 e. The van der Waals surface area contributed by atoms with Crippen LogP contribution in [0.5, 0.6) is 0 Å². The van der Waals surface area contributed by atoms with Crippen LogP contribution in [0.3, 0.4) is 0 Å². The van der Waals surface area contributed by atoms with E-state index in [0.717, 1.165) is 24.6 Å². The second-order valence-corrected chi connectivity index (χ2v) is 8.03. The fraction of sp³-hybridized carbons (Fsp3) is 0.625. The van der Waals surface area contributed by atoms with Crippen molar-refractivity contribution in [2.24, 2.45) is 5.92 Å². The minimum Gasteiger partial charge on any atom is -0.310 e. The minimum atomic E-state index is -3.11. The van der Waals surface area contributed by atoms with E-state index in [2.05, 4.69) is 24.1 Å². The van der Waals surface area contributed by atoms with E-state index in [0.29, 0.717) is 4.90 Å². The van der Waals surface area contributed by atoms with Crippen molar-refractivity contribution >= 4 is 9.84 Å². The van der Waals surface area contributed by atoms with Gasteiger partial charge in [0.1, 0.15) is 0 Å². The summed E-state index contributed by atoms with van der Waals surface area (Å²) in [4.78, 5) is 2.87. The Balaban J connectivity index is 1.87. The zero-order chi connectivity index (χ0) is 15.5. The van der Waals surface area contributed by atoms with Gasteiger partial charge in [-0.1, -0.05) is 19.1 Å². The van der Waals surface area contributed by atoms with Gasteiger partial charge in [-0.2, -0.15) is 0 Å². The smallest absolute Gasteiger partial charge is 0.175 e. The zero-order valence-corrected chi connectivity index (χ0v) is 14.0. The van der Waals surface area contributed by atoms with Crippen LogP contribution in [0.4, 0.5) is 0 Å². The van der Waals surface area contributed by atoms with E-state index < -0.39 is 9.84 Å². The molecule has 1 fully saturated rings. The van der Waals surface area contributed by atoms with Gasteiger partial charge >= 0.3 is 0 Å². The van der Waals surface area contributed by atoms with E-state index in [1.54, 1.807) is 12.1 Å². The van der Waals surface area contributed by atoms with Crippen molar-refractivity contribution in [1.29, 1.82) is 0 Å². The van der Waals surface area contributed by atoms with E-state index >= 15 is 0 Å². The number of nitrogens with one attached hydrogen (secondary N) is 1. The van der Waals surface area contributed by atoms with Crippen molar-refractivity contribution in [2.45, 2.75) is 31.2 Å². The number of hydrogen-bond acceptors (Lipinski definition) is 4. The van der Waals surface area contributed by atoms with E-state index in [1.807, 2.05) is 12.1 Å². The van der Waals surface area contributed by atoms with Gasteiger partial charge in [0.2, 0.25) is 0 Å². The molecule has 2 rings (SSSR count). The molecule has 0 radical (unpaired) electrons. The number of benzene rings is 1. The van der Waals surface area contributed by atoms with Crippen molar-refractivity contribution in [3.8, 4) is 0 Å². The molecule has 1 heterocycles. The molecule has 1 saturated heterocycles. The molecule has 1 aliphatic rings. The van der Waals surface area contributed by atoms with Crippen molar-refractivity contribution in [1.82, 2.24) is 10.2 Å². The van der Waals surface area contributed by atoms with Crippen LogP contribution in [-0.2, 0) is 9.84 Å².